The van der Waals surface area contributed by atoms with Crippen molar-refractivity contribution in [3.05, 3.63) is 11.8 Å². The number of nitrogens with zero attached hydrogens (tertiary/aromatic N) is 2. The third kappa shape index (κ3) is 3.40. The molecule has 2 N–H and O–H groups in total. The molecule has 4 heteroatoms. The van der Waals surface area contributed by atoms with E-state index in [2.05, 4.69) is 11.2 Å². The lowest BCUT2D eigenvalue weighted by atomic mass is 10.3. The summed E-state index contributed by atoms with van der Waals surface area (Å²) in [6, 6.07) is 2.40. The molecule has 0 aromatic carbocycles. The summed E-state index contributed by atoms with van der Waals surface area (Å²) in [6.45, 7) is 4.05. The molecular weight excluding hydrogens is 182 g/mol. The van der Waals surface area contributed by atoms with E-state index in [0.29, 0.717) is 6.04 Å². The Morgan fingerprint density at radius 3 is 2.85 bits per heavy atom. The molecule has 74 valence electrons. The van der Waals surface area contributed by atoms with Crippen LogP contribution in [0.5, 0.6) is 0 Å². The highest BCUT2D eigenvalue weighted by molar-refractivity contribution is 7.99. The first-order valence-corrected chi connectivity index (χ1v) is 5.47. The molecule has 0 amide bonds. The van der Waals surface area contributed by atoms with Crippen molar-refractivity contribution in [3.8, 4) is 0 Å². The third-order valence-corrected chi connectivity index (χ3v) is 2.90. The van der Waals surface area contributed by atoms with Gasteiger partial charge in [0.05, 0.1) is 10.7 Å². The molecule has 1 heterocycles. The Bertz CT molecular complexity index is 268. The van der Waals surface area contributed by atoms with E-state index in [-0.39, 0.29) is 0 Å². The maximum Gasteiger partial charge on any atom is 0.0939 e. The Labute approximate surface area is 83.7 Å². The zero-order chi connectivity index (χ0) is 9.84. The summed E-state index contributed by atoms with van der Waals surface area (Å²) in [4.78, 5) is 0. The first-order valence-electron chi connectivity index (χ1n) is 4.48. The van der Waals surface area contributed by atoms with Crippen molar-refractivity contribution < 1.29 is 0 Å². The Morgan fingerprint density at radius 1 is 1.69 bits per heavy atom. The van der Waals surface area contributed by atoms with E-state index in [4.69, 9.17) is 5.73 Å². The predicted octanol–water partition coefficient (Wildman–Crippen LogP) is 1.56. The fourth-order valence-corrected chi connectivity index (χ4v) is 2.25. The molecule has 0 radical (unpaired) electrons. The fourth-order valence-electron chi connectivity index (χ4n) is 1.07. The lowest BCUT2D eigenvalue weighted by Crippen LogP contribution is -2.15. The van der Waals surface area contributed by atoms with Crippen molar-refractivity contribution in [2.24, 2.45) is 12.8 Å². The third-order valence-electron chi connectivity index (χ3n) is 1.78. The molecular formula is C9H17N3S. The largest absolute Gasteiger partial charge is 0.328 e. The van der Waals surface area contributed by atoms with E-state index >= 15 is 0 Å². The SMILES string of the molecule is Cc1cc(SCCC(C)N)n(C)n1. The van der Waals surface area contributed by atoms with Crippen LogP contribution in [0.1, 0.15) is 19.0 Å². The number of aromatic nitrogens is 2. The monoisotopic (exact) mass is 199 g/mol. The smallest absolute Gasteiger partial charge is 0.0939 e. The van der Waals surface area contributed by atoms with Crippen LogP contribution in [0, 0.1) is 6.92 Å². The minimum atomic E-state index is 0.293. The van der Waals surface area contributed by atoms with Crippen LogP contribution in [0.3, 0.4) is 0 Å². The van der Waals surface area contributed by atoms with E-state index in [1.165, 1.54) is 5.03 Å². The van der Waals surface area contributed by atoms with Crippen molar-refractivity contribution >= 4 is 11.8 Å². The molecule has 0 aliphatic heterocycles. The number of aryl methyl sites for hydroxylation is 2. The van der Waals surface area contributed by atoms with Crippen LogP contribution in [0.25, 0.3) is 0 Å². The Kier molecular flexibility index (Phi) is 3.81. The molecule has 1 aromatic heterocycles. The molecule has 0 fully saturated rings. The molecule has 0 saturated carbocycles. The standard InChI is InChI=1S/C9H17N3S/c1-7(10)4-5-13-9-6-8(2)11-12(9)3/h6-7H,4-5,10H2,1-3H3. The van der Waals surface area contributed by atoms with Crippen molar-refractivity contribution in [1.29, 1.82) is 0 Å². The van der Waals surface area contributed by atoms with E-state index in [0.717, 1.165) is 17.9 Å². The highest BCUT2D eigenvalue weighted by Crippen LogP contribution is 2.19. The van der Waals surface area contributed by atoms with Gasteiger partial charge >= 0.3 is 0 Å². The molecule has 1 aromatic rings. The molecule has 0 saturated heterocycles. The lowest BCUT2D eigenvalue weighted by molar-refractivity contribution is 0.688. The topological polar surface area (TPSA) is 43.8 Å². The molecule has 13 heavy (non-hydrogen) atoms. The summed E-state index contributed by atoms with van der Waals surface area (Å²) in [7, 11) is 1.97. The van der Waals surface area contributed by atoms with Crippen LogP contribution < -0.4 is 5.73 Å². The van der Waals surface area contributed by atoms with Crippen molar-refractivity contribution in [2.75, 3.05) is 5.75 Å². The van der Waals surface area contributed by atoms with Crippen molar-refractivity contribution in [1.82, 2.24) is 9.78 Å². The zero-order valence-corrected chi connectivity index (χ0v) is 9.27. The minimum Gasteiger partial charge on any atom is -0.328 e. The van der Waals surface area contributed by atoms with Gasteiger partial charge in [-0.3, -0.25) is 4.68 Å². The quantitative estimate of drug-likeness (QED) is 0.748. The molecule has 3 nitrogen and oxygen atoms in total. The van der Waals surface area contributed by atoms with Crippen molar-refractivity contribution in [2.45, 2.75) is 31.3 Å². The maximum atomic E-state index is 5.66. The Balaban J connectivity index is 2.40. The summed E-state index contributed by atoms with van der Waals surface area (Å²) < 4.78 is 1.92. The number of thioether (sulfide) groups is 1. The van der Waals surface area contributed by atoms with Gasteiger partial charge in [0.2, 0.25) is 0 Å². The van der Waals surface area contributed by atoms with Crippen LogP contribution in [-0.4, -0.2) is 21.6 Å². The molecule has 1 atom stereocenters. The Hall–Kier alpha value is -0.480. The zero-order valence-electron chi connectivity index (χ0n) is 8.45. The summed E-state index contributed by atoms with van der Waals surface area (Å²) in [5, 5.41) is 5.49. The van der Waals surface area contributed by atoms with Crippen molar-refractivity contribution in [3.63, 3.8) is 0 Å². The number of rotatable bonds is 4. The second-order valence-corrected chi connectivity index (χ2v) is 4.48. The average molecular weight is 199 g/mol. The molecule has 0 spiro atoms. The van der Waals surface area contributed by atoms with E-state index in [1.807, 2.05) is 37.3 Å². The predicted molar refractivity (Wildman–Crippen MR) is 56.9 cm³/mol. The molecule has 0 bridgehead atoms. The molecule has 1 unspecified atom stereocenters. The second-order valence-electron chi connectivity index (χ2n) is 3.36. The summed E-state index contributed by atoms with van der Waals surface area (Å²) in [6.07, 6.45) is 1.05. The van der Waals surface area contributed by atoms with Crippen LogP contribution in [0.2, 0.25) is 0 Å². The summed E-state index contributed by atoms with van der Waals surface area (Å²) in [5.41, 5.74) is 6.74. The fraction of sp³-hybridized carbons (Fsp3) is 0.667. The van der Waals surface area contributed by atoms with Gasteiger partial charge in [-0.05, 0) is 26.3 Å². The van der Waals surface area contributed by atoms with E-state index in [9.17, 15) is 0 Å². The normalized spacial score (nSPS) is 13.2. The van der Waals surface area contributed by atoms with Gasteiger partial charge in [0.25, 0.3) is 0 Å². The average Bonchev–Trinajstić information content (AvgIpc) is 2.29. The second kappa shape index (κ2) is 4.67. The highest BCUT2D eigenvalue weighted by Gasteiger charge is 2.02. The number of hydrogen-bond donors (Lipinski definition) is 1. The van der Waals surface area contributed by atoms with Gasteiger partial charge in [-0.2, -0.15) is 5.10 Å². The first-order chi connectivity index (χ1) is 6.09. The summed E-state index contributed by atoms with van der Waals surface area (Å²) >= 11 is 1.82. The first kappa shape index (κ1) is 10.6. The van der Waals surface area contributed by atoms with Crippen LogP contribution in [0.15, 0.2) is 11.1 Å². The molecule has 1 rings (SSSR count). The minimum absolute atomic E-state index is 0.293. The lowest BCUT2D eigenvalue weighted by Gasteiger charge is -2.04. The van der Waals surface area contributed by atoms with Crippen LogP contribution >= 0.6 is 11.8 Å². The van der Waals surface area contributed by atoms with E-state index < -0.39 is 0 Å². The number of hydrogen-bond acceptors (Lipinski definition) is 3. The maximum absolute atomic E-state index is 5.66. The molecule has 0 aliphatic rings. The van der Waals surface area contributed by atoms with Gasteiger partial charge in [0.1, 0.15) is 0 Å². The molecule has 0 aliphatic carbocycles. The van der Waals surface area contributed by atoms with E-state index in [1.54, 1.807) is 0 Å². The van der Waals surface area contributed by atoms with Gasteiger partial charge in [0, 0.05) is 18.8 Å². The van der Waals surface area contributed by atoms with Gasteiger partial charge in [-0.15, -0.1) is 11.8 Å². The van der Waals surface area contributed by atoms with Gasteiger partial charge in [0.15, 0.2) is 0 Å². The van der Waals surface area contributed by atoms with Gasteiger partial charge < -0.3 is 5.73 Å². The number of nitrogens with two attached hydrogens (primary N) is 1. The van der Waals surface area contributed by atoms with Gasteiger partial charge in [-0.25, -0.2) is 0 Å². The van der Waals surface area contributed by atoms with Gasteiger partial charge in [-0.1, -0.05) is 0 Å². The Morgan fingerprint density at radius 2 is 2.38 bits per heavy atom. The van der Waals surface area contributed by atoms with Crippen LogP contribution in [-0.2, 0) is 7.05 Å². The highest BCUT2D eigenvalue weighted by atomic mass is 32.2. The summed E-state index contributed by atoms with van der Waals surface area (Å²) in [5.74, 6) is 1.07. The van der Waals surface area contributed by atoms with Crippen LogP contribution in [0.4, 0.5) is 0 Å².